The van der Waals surface area contributed by atoms with Crippen molar-refractivity contribution < 1.29 is 4.84 Å². The second kappa shape index (κ2) is 6.26. The molecule has 23 heavy (non-hydrogen) atoms. The lowest BCUT2D eigenvalue weighted by Gasteiger charge is -2.18. The molecule has 1 N–H and O–H groups in total. The fraction of sp³-hybridized carbons (Fsp3) is 0.333. The molecule has 1 aromatic carbocycles. The van der Waals surface area contributed by atoms with Gasteiger partial charge in [0, 0.05) is 4.88 Å². The number of rotatable bonds is 4. The molecule has 0 aliphatic heterocycles. The zero-order chi connectivity index (χ0) is 15.6. The molecule has 0 saturated heterocycles. The van der Waals surface area contributed by atoms with E-state index in [4.69, 9.17) is 4.84 Å². The Morgan fingerprint density at radius 1 is 1.26 bits per heavy atom. The lowest BCUT2D eigenvalue weighted by Crippen LogP contribution is -2.09. The molecule has 0 unspecified atom stereocenters. The molecule has 5 heteroatoms. The highest BCUT2D eigenvalue weighted by atomic mass is 32.1. The predicted octanol–water partition coefficient (Wildman–Crippen LogP) is 4.36. The molecule has 0 bridgehead atoms. The molecule has 4 rings (SSSR count). The smallest absolute Gasteiger partial charge is 0.162 e. The summed E-state index contributed by atoms with van der Waals surface area (Å²) >= 11 is 1.80. The van der Waals surface area contributed by atoms with Gasteiger partial charge in [-0.3, -0.25) is 4.84 Å². The second-order valence-corrected chi connectivity index (χ2v) is 7.21. The van der Waals surface area contributed by atoms with Crippen LogP contribution >= 0.6 is 11.3 Å². The first kappa shape index (κ1) is 14.6. The van der Waals surface area contributed by atoms with E-state index in [0.717, 1.165) is 40.4 Å². The number of hydrogen-bond donors (Lipinski definition) is 1. The molecule has 2 heterocycles. The summed E-state index contributed by atoms with van der Waals surface area (Å²) in [4.78, 5) is 17.0. The Balaban J connectivity index is 1.57. The molecular weight excluding hydrogens is 306 g/mol. The minimum Gasteiger partial charge on any atom is -0.270 e. The van der Waals surface area contributed by atoms with E-state index >= 15 is 0 Å². The Kier molecular flexibility index (Phi) is 3.97. The van der Waals surface area contributed by atoms with Crippen LogP contribution in [0.3, 0.4) is 0 Å². The first-order valence-electron chi connectivity index (χ1n) is 7.98. The van der Waals surface area contributed by atoms with Gasteiger partial charge in [0.15, 0.2) is 5.82 Å². The fourth-order valence-electron chi connectivity index (χ4n) is 3.11. The van der Waals surface area contributed by atoms with E-state index in [9.17, 15) is 0 Å². The van der Waals surface area contributed by atoms with Crippen molar-refractivity contribution in [1.29, 1.82) is 0 Å². The fourth-order valence-corrected chi connectivity index (χ4v) is 4.46. The summed E-state index contributed by atoms with van der Waals surface area (Å²) in [6.45, 7) is 2.83. The minimum absolute atomic E-state index is 0.510. The van der Waals surface area contributed by atoms with Gasteiger partial charge in [-0.2, -0.15) is 0 Å². The molecule has 1 aliphatic carbocycles. The van der Waals surface area contributed by atoms with Crippen molar-refractivity contribution in [3.8, 4) is 0 Å². The quantitative estimate of drug-likeness (QED) is 0.724. The van der Waals surface area contributed by atoms with Gasteiger partial charge in [-0.25, -0.2) is 15.4 Å². The van der Waals surface area contributed by atoms with Gasteiger partial charge in [0.05, 0.1) is 12.0 Å². The highest BCUT2D eigenvalue weighted by molar-refractivity contribution is 7.19. The van der Waals surface area contributed by atoms with Crippen molar-refractivity contribution >= 4 is 27.4 Å². The Bertz CT molecular complexity index is 816. The normalized spacial score (nSPS) is 17.2. The molecule has 1 aliphatic rings. The van der Waals surface area contributed by atoms with Gasteiger partial charge in [-0.1, -0.05) is 37.3 Å². The third-order valence-electron chi connectivity index (χ3n) is 4.34. The Labute approximate surface area is 139 Å². The molecule has 4 nitrogen and oxygen atoms in total. The molecule has 118 valence electrons. The second-order valence-electron chi connectivity index (χ2n) is 6.13. The zero-order valence-electron chi connectivity index (χ0n) is 13.1. The summed E-state index contributed by atoms with van der Waals surface area (Å²) in [5.41, 5.74) is 5.58. The van der Waals surface area contributed by atoms with Crippen LogP contribution in [0.4, 0.5) is 5.82 Å². The molecule has 2 aromatic heterocycles. The van der Waals surface area contributed by atoms with Crippen LogP contribution in [0.1, 0.15) is 29.3 Å². The van der Waals surface area contributed by atoms with E-state index in [1.54, 1.807) is 17.7 Å². The van der Waals surface area contributed by atoms with Crippen molar-refractivity contribution in [3.05, 3.63) is 52.7 Å². The number of fused-ring (bicyclic) bond motifs is 3. The molecule has 0 saturated carbocycles. The molecule has 0 radical (unpaired) electrons. The van der Waals surface area contributed by atoms with Crippen LogP contribution in [-0.4, -0.2) is 9.97 Å². The lowest BCUT2D eigenvalue weighted by molar-refractivity contribution is 0.179. The molecule has 1 atom stereocenters. The maximum atomic E-state index is 5.66. The maximum Gasteiger partial charge on any atom is 0.162 e. The predicted molar refractivity (Wildman–Crippen MR) is 93.5 cm³/mol. The van der Waals surface area contributed by atoms with Gasteiger partial charge in [-0.05, 0) is 36.3 Å². The minimum atomic E-state index is 0.510. The first-order chi connectivity index (χ1) is 11.3. The summed E-state index contributed by atoms with van der Waals surface area (Å²) in [5.74, 6) is 1.55. The topological polar surface area (TPSA) is 47.0 Å². The summed E-state index contributed by atoms with van der Waals surface area (Å²) in [7, 11) is 0. The number of nitrogens with one attached hydrogen (secondary N) is 1. The van der Waals surface area contributed by atoms with E-state index in [2.05, 4.69) is 22.4 Å². The van der Waals surface area contributed by atoms with Crippen LogP contribution in [0.5, 0.6) is 0 Å². The van der Waals surface area contributed by atoms with E-state index < -0.39 is 0 Å². The number of hydrogen-bond acceptors (Lipinski definition) is 5. The van der Waals surface area contributed by atoms with Crippen molar-refractivity contribution in [3.63, 3.8) is 0 Å². The van der Waals surface area contributed by atoms with Crippen LogP contribution in [0.25, 0.3) is 10.2 Å². The summed E-state index contributed by atoms with van der Waals surface area (Å²) in [5, 5.41) is 1.15. The van der Waals surface area contributed by atoms with Crippen molar-refractivity contribution in [2.24, 2.45) is 5.92 Å². The van der Waals surface area contributed by atoms with Crippen LogP contribution in [0, 0.1) is 5.92 Å². The number of anilines is 1. The average Bonchev–Trinajstić information content (AvgIpc) is 2.94. The molecular formula is C18H19N3OS. The highest BCUT2D eigenvalue weighted by Crippen LogP contribution is 2.39. The SMILES string of the molecule is C[C@@H]1CCc2c(sc3ncnc(NOCc4ccccc4)c23)C1. The Morgan fingerprint density at radius 2 is 2.13 bits per heavy atom. The van der Waals surface area contributed by atoms with Crippen LogP contribution in [-0.2, 0) is 24.3 Å². The van der Waals surface area contributed by atoms with Gasteiger partial charge >= 0.3 is 0 Å². The van der Waals surface area contributed by atoms with Gasteiger partial charge in [-0.15, -0.1) is 11.3 Å². The largest absolute Gasteiger partial charge is 0.270 e. The van der Waals surface area contributed by atoms with Crippen molar-refractivity contribution in [2.45, 2.75) is 32.8 Å². The average molecular weight is 325 g/mol. The highest BCUT2D eigenvalue weighted by Gasteiger charge is 2.23. The maximum absolute atomic E-state index is 5.66. The van der Waals surface area contributed by atoms with Crippen LogP contribution in [0.2, 0.25) is 0 Å². The van der Waals surface area contributed by atoms with E-state index in [0.29, 0.717) is 6.61 Å². The lowest BCUT2D eigenvalue weighted by atomic mass is 9.89. The van der Waals surface area contributed by atoms with Crippen LogP contribution < -0.4 is 5.48 Å². The van der Waals surface area contributed by atoms with Gasteiger partial charge in [0.2, 0.25) is 0 Å². The zero-order valence-corrected chi connectivity index (χ0v) is 13.9. The summed E-state index contributed by atoms with van der Waals surface area (Å²) in [6, 6.07) is 10.1. The first-order valence-corrected chi connectivity index (χ1v) is 8.80. The third-order valence-corrected chi connectivity index (χ3v) is 5.50. The number of benzene rings is 1. The number of aromatic nitrogens is 2. The molecule has 0 amide bonds. The monoisotopic (exact) mass is 325 g/mol. The molecule has 0 spiro atoms. The standard InChI is InChI=1S/C18H19N3OS/c1-12-7-8-14-15(9-12)23-18-16(14)17(19-11-20-18)21-22-10-13-5-3-2-4-6-13/h2-6,11-12H,7-10H2,1H3,(H,19,20,21)/t12-/m1/s1. The third kappa shape index (κ3) is 2.94. The van der Waals surface area contributed by atoms with Gasteiger partial charge < -0.3 is 0 Å². The van der Waals surface area contributed by atoms with Crippen molar-refractivity contribution in [2.75, 3.05) is 5.48 Å². The Hall–Kier alpha value is -1.98. The van der Waals surface area contributed by atoms with Crippen molar-refractivity contribution in [1.82, 2.24) is 9.97 Å². The van der Waals surface area contributed by atoms with Gasteiger partial charge in [0.25, 0.3) is 0 Å². The van der Waals surface area contributed by atoms with E-state index in [1.165, 1.54) is 16.9 Å². The number of thiophene rings is 1. The molecule has 3 aromatic rings. The van der Waals surface area contributed by atoms with Crippen LogP contribution in [0.15, 0.2) is 36.7 Å². The Morgan fingerprint density at radius 3 is 3.00 bits per heavy atom. The van der Waals surface area contributed by atoms with E-state index in [-0.39, 0.29) is 0 Å². The summed E-state index contributed by atoms with van der Waals surface area (Å²) in [6.07, 6.45) is 5.11. The molecule has 0 fully saturated rings. The summed E-state index contributed by atoms with van der Waals surface area (Å²) < 4.78 is 0. The van der Waals surface area contributed by atoms with Gasteiger partial charge in [0.1, 0.15) is 11.2 Å². The van der Waals surface area contributed by atoms with E-state index in [1.807, 2.05) is 30.3 Å². The number of aryl methyl sites for hydroxylation is 1. The number of nitrogens with zero attached hydrogens (tertiary/aromatic N) is 2.